The van der Waals surface area contributed by atoms with E-state index in [4.69, 9.17) is 9.47 Å². The molecule has 34 heavy (non-hydrogen) atoms. The third-order valence-electron chi connectivity index (χ3n) is 5.35. The molecule has 0 bridgehead atoms. The third kappa shape index (κ3) is 5.48. The highest BCUT2D eigenvalue weighted by molar-refractivity contribution is 7.98. The largest absolute Gasteiger partial charge is 0.486 e. The van der Waals surface area contributed by atoms with Gasteiger partial charge in [-0.3, -0.25) is 9.10 Å². The Morgan fingerprint density at radius 1 is 1.03 bits per heavy atom. The van der Waals surface area contributed by atoms with Crippen LogP contribution in [0.15, 0.2) is 82.6 Å². The maximum Gasteiger partial charge on any atom is 0.264 e. The van der Waals surface area contributed by atoms with Gasteiger partial charge in [-0.2, -0.15) is 0 Å². The van der Waals surface area contributed by atoms with Gasteiger partial charge in [0, 0.05) is 4.90 Å². The Hall–Kier alpha value is -3.17. The molecule has 3 aromatic carbocycles. The van der Waals surface area contributed by atoms with Crippen LogP contribution < -0.4 is 19.1 Å². The molecule has 0 saturated heterocycles. The van der Waals surface area contributed by atoms with Gasteiger partial charge >= 0.3 is 0 Å². The average molecular weight is 499 g/mol. The minimum absolute atomic E-state index is 0.124. The van der Waals surface area contributed by atoms with Crippen LogP contribution in [0.25, 0.3) is 0 Å². The molecule has 1 N–H and O–H groups in total. The number of nitrogens with zero attached hydrogens (tertiary/aromatic N) is 1. The van der Waals surface area contributed by atoms with Crippen molar-refractivity contribution in [3.05, 3.63) is 78.4 Å². The number of benzene rings is 3. The molecule has 1 heterocycles. The number of hydrogen-bond donors (Lipinski definition) is 1. The Balaban J connectivity index is 1.49. The second-order valence-corrected chi connectivity index (χ2v) is 10.6. The Labute approximate surface area is 204 Å². The van der Waals surface area contributed by atoms with Crippen LogP contribution in [0.5, 0.6) is 11.5 Å². The van der Waals surface area contributed by atoms with Crippen molar-refractivity contribution >= 4 is 33.4 Å². The molecule has 7 nitrogen and oxygen atoms in total. The number of thioether (sulfide) groups is 1. The topological polar surface area (TPSA) is 84.9 Å². The zero-order chi connectivity index (χ0) is 24.1. The lowest BCUT2D eigenvalue weighted by atomic mass is 10.2. The van der Waals surface area contributed by atoms with E-state index in [1.54, 1.807) is 42.5 Å². The van der Waals surface area contributed by atoms with Crippen LogP contribution in [-0.4, -0.2) is 46.4 Å². The van der Waals surface area contributed by atoms with Gasteiger partial charge in [-0.15, -0.1) is 11.8 Å². The lowest BCUT2D eigenvalue weighted by Crippen LogP contribution is -2.45. The van der Waals surface area contributed by atoms with Crippen molar-refractivity contribution in [2.75, 3.05) is 30.3 Å². The number of carbonyl (C=O) groups is 1. The summed E-state index contributed by atoms with van der Waals surface area (Å²) in [5.41, 5.74) is 1.41. The first kappa shape index (κ1) is 24.0. The molecule has 4 rings (SSSR count). The van der Waals surface area contributed by atoms with E-state index in [1.165, 1.54) is 11.8 Å². The van der Waals surface area contributed by atoms with E-state index in [0.29, 0.717) is 23.8 Å². The van der Waals surface area contributed by atoms with Crippen LogP contribution >= 0.6 is 11.8 Å². The van der Waals surface area contributed by atoms with Gasteiger partial charge in [-0.05, 0) is 61.7 Å². The number of aryl methyl sites for hydroxylation is 1. The lowest BCUT2D eigenvalue weighted by molar-refractivity contribution is -0.120. The molecule has 0 saturated carbocycles. The summed E-state index contributed by atoms with van der Waals surface area (Å²) in [6.45, 7) is 2.04. The second kappa shape index (κ2) is 10.4. The summed E-state index contributed by atoms with van der Waals surface area (Å²) in [5, 5.41) is 2.78. The molecule has 1 aliphatic rings. The van der Waals surface area contributed by atoms with Crippen LogP contribution in [-0.2, 0) is 14.8 Å². The molecule has 1 amide bonds. The molecule has 0 aromatic heterocycles. The SMILES string of the molecule is CSc1ccc(S(=O)(=O)N(CC(=O)NC[C@@H]2COc3ccccc3O2)c2ccc(C)cc2)cc1. The van der Waals surface area contributed by atoms with E-state index in [1.807, 2.05) is 43.5 Å². The predicted molar refractivity (Wildman–Crippen MR) is 133 cm³/mol. The van der Waals surface area contributed by atoms with E-state index in [2.05, 4.69) is 5.32 Å². The molecule has 0 aliphatic carbocycles. The Bertz CT molecular complexity index is 1250. The summed E-state index contributed by atoms with van der Waals surface area (Å²) in [5.74, 6) is 0.840. The number of anilines is 1. The minimum atomic E-state index is -3.96. The quantitative estimate of drug-likeness (QED) is 0.475. The molecule has 0 spiro atoms. The number of nitrogens with one attached hydrogen (secondary N) is 1. The van der Waals surface area contributed by atoms with Gasteiger partial charge in [-0.1, -0.05) is 29.8 Å². The van der Waals surface area contributed by atoms with Gasteiger partial charge in [0.05, 0.1) is 17.1 Å². The van der Waals surface area contributed by atoms with E-state index >= 15 is 0 Å². The molecular weight excluding hydrogens is 472 g/mol. The number of para-hydroxylation sites is 2. The number of rotatable bonds is 8. The maximum absolute atomic E-state index is 13.5. The first-order valence-corrected chi connectivity index (χ1v) is 13.4. The lowest BCUT2D eigenvalue weighted by Gasteiger charge is -2.27. The highest BCUT2D eigenvalue weighted by Gasteiger charge is 2.28. The monoisotopic (exact) mass is 498 g/mol. The van der Waals surface area contributed by atoms with E-state index in [9.17, 15) is 13.2 Å². The van der Waals surface area contributed by atoms with Crippen molar-refractivity contribution in [3.63, 3.8) is 0 Å². The molecule has 3 aromatic rings. The van der Waals surface area contributed by atoms with Crippen LogP contribution in [0.3, 0.4) is 0 Å². The second-order valence-electron chi connectivity index (χ2n) is 7.82. The molecule has 1 aliphatic heterocycles. The number of hydrogen-bond acceptors (Lipinski definition) is 6. The van der Waals surface area contributed by atoms with E-state index in [0.717, 1.165) is 14.8 Å². The molecule has 1 atom stereocenters. The predicted octanol–water partition coefficient (Wildman–Crippen LogP) is 3.87. The van der Waals surface area contributed by atoms with E-state index in [-0.39, 0.29) is 24.1 Å². The van der Waals surface area contributed by atoms with Crippen molar-refractivity contribution in [1.29, 1.82) is 0 Å². The van der Waals surface area contributed by atoms with Crippen LogP contribution in [0.2, 0.25) is 0 Å². The van der Waals surface area contributed by atoms with Crippen LogP contribution in [0, 0.1) is 6.92 Å². The summed E-state index contributed by atoms with van der Waals surface area (Å²) in [6, 6.07) is 21.0. The standard InChI is InChI=1S/C25H26N2O5S2/c1-18-7-9-19(10-8-18)27(34(29,30)22-13-11-21(33-2)12-14-22)16-25(28)26-15-20-17-31-23-5-3-4-6-24(23)32-20/h3-14,20H,15-17H2,1-2H3,(H,26,28)/t20-/m1/s1. The highest BCUT2D eigenvalue weighted by atomic mass is 32.2. The average Bonchev–Trinajstić information content (AvgIpc) is 2.86. The highest BCUT2D eigenvalue weighted by Crippen LogP contribution is 2.30. The Kier molecular flexibility index (Phi) is 7.33. The molecule has 0 radical (unpaired) electrons. The molecule has 9 heteroatoms. The zero-order valence-corrected chi connectivity index (χ0v) is 20.6. The van der Waals surface area contributed by atoms with Crippen LogP contribution in [0.1, 0.15) is 5.56 Å². The zero-order valence-electron chi connectivity index (χ0n) is 18.9. The minimum Gasteiger partial charge on any atom is -0.486 e. The summed E-state index contributed by atoms with van der Waals surface area (Å²) >= 11 is 1.53. The summed E-state index contributed by atoms with van der Waals surface area (Å²) in [4.78, 5) is 13.9. The fourth-order valence-corrected chi connectivity index (χ4v) is 5.31. The normalized spacial score (nSPS) is 14.9. The van der Waals surface area contributed by atoms with Crippen LogP contribution in [0.4, 0.5) is 5.69 Å². The van der Waals surface area contributed by atoms with Gasteiger partial charge in [0.25, 0.3) is 10.0 Å². The van der Waals surface area contributed by atoms with Gasteiger partial charge in [0.1, 0.15) is 19.3 Å². The molecule has 0 fully saturated rings. The van der Waals surface area contributed by atoms with Gasteiger partial charge < -0.3 is 14.8 Å². The molecule has 178 valence electrons. The van der Waals surface area contributed by atoms with Crippen molar-refractivity contribution < 1.29 is 22.7 Å². The van der Waals surface area contributed by atoms with Crippen molar-refractivity contribution in [1.82, 2.24) is 5.32 Å². The van der Waals surface area contributed by atoms with Crippen molar-refractivity contribution in [2.24, 2.45) is 0 Å². The molecular formula is C25H26N2O5S2. The maximum atomic E-state index is 13.5. The fourth-order valence-electron chi connectivity index (χ4n) is 3.48. The van der Waals surface area contributed by atoms with Gasteiger partial charge in [-0.25, -0.2) is 8.42 Å². The number of ether oxygens (including phenoxy) is 2. The van der Waals surface area contributed by atoms with Gasteiger partial charge in [0.2, 0.25) is 5.91 Å². The number of amides is 1. The fraction of sp³-hybridized carbons (Fsp3) is 0.240. The Morgan fingerprint density at radius 2 is 1.71 bits per heavy atom. The summed E-state index contributed by atoms with van der Waals surface area (Å²) < 4.78 is 39.7. The number of fused-ring (bicyclic) bond motifs is 1. The van der Waals surface area contributed by atoms with Crippen molar-refractivity contribution in [2.45, 2.75) is 22.8 Å². The summed E-state index contributed by atoms with van der Waals surface area (Å²) in [7, 11) is -3.96. The number of carbonyl (C=O) groups excluding carboxylic acids is 1. The van der Waals surface area contributed by atoms with E-state index < -0.39 is 15.9 Å². The smallest absolute Gasteiger partial charge is 0.264 e. The molecule has 0 unspecified atom stereocenters. The third-order valence-corrected chi connectivity index (χ3v) is 7.88. The first-order chi connectivity index (χ1) is 16.4. The van der Waals surface area contributed by atoms with Crippen molar-refractivity contribution in [3.8, 4) is 11.5 Å². The Morgan fingerprint density at radius 3 is 2.38 bits per heavy atom. The summed E-state index contributed by atoms with van der Waals surface area (Å²) in [6.07, 6.45) is 1.55. The number of sulfonamides is 1. The van der Waals surface area contributed by atoms with Gasteiger partial charge in [0.15, 0.2) is 11.5 Å². The first-order valence-electron chi connectivity index (χ1n) is 10.8.